The summed E-state index contributed by atoms with van der Waals surface area (Å²) < 4.78 is 0. The maximum Gasteiger partial charge on any atom is 0.304 e. The first-order chi connectivity index (χ1) is 6.02. The molecule has 1 rings (SSSR count). The molecule has 1 saturated carbocycles. The molecule has 0 heterocycles. The van der Waals surface area contributed by atoms with Crippen LogP contribution in [0, 0.1) is 0 Å². The first-order valence-electron chi connectivity index (χ1n) is 5.01. The number of carboxylic acid groups (broad SMARTS) is 1. The molecule has 0 aliphatic heterocycles. The zero-order valence-electron chi connectivity index (χ0n) is 8.66. The molecule has 1 fully saturated rings. The van der Waals surface area contributed by atoms with Crippen LogP contribution in [0.5, 0.6) is 0 Å². The van der Waals surface area contributed by atoms with E-state index in [0.29, 0.717) is 12.1 Å². The van der Waals surface area contributed by atoms with Gasteiger partial charge in [-0.2, -0.15) is 0 Å². The molecular formula is C10H19NO2. The summed E-state index contributed by atoms with van der Waals surface area (Å²) in [4.78, 5) is 12.9. The molecule has 0 amide bonds. The Hall–Kier alpha value is -0.570. The minimum atomic E-state index is -0.696. The lowest BCUT2D eigenvalue weighted by molar-refractivity contribution is -0.138. The molecule has 0 bridgehead atoms. The van der Waals surface area contributed by atoms with Gasteiger partial charge in [-0.25, -0.2) is 0 Å². The van der Waals surface area contributed by atoms with E-state index in [0.717, 1.165) is 0 Å². The number of aliphatic carboxylic acids is 1. The minimum Gasteiger partial charge on any atom is -0.481 e. The largest absolute Gasteiger partial charge is 0.481 e. The van der Waals surface area contributed by atoms with Gasteiger partial charge in [0.2, 0.25) is 0 Å². The molecule has 0 aromatic heterocycles. The Labute approximate surface area is 79.7 Å². The smallest absolute Gasteiger partial charge is 0.304 e. The third kappa shape index (κ3) is 2.99. The summed E-state index contributed by atoms with van der Waals surface area (Å²) in [7, 11) is 0. The standard InChI is InChI=1S/C10H19NO2/c1-7(2)11(9-4-5-9)8(3)6-10(12)13/h7-9H,4-6H2,1-3H3,(H,12,13). The van der Waals surface area contributed by atoms with Crippen LogP contribution in [0.4, 0.5) is 0 Å². The fourth-order valence-electron chi connectivity index (χ4n) is 2.02. The summed E-state index contributed by atoms with van der Waals surface area (Å²) in [5.74, 6) is -0.696. The molecule has 1 aliphatic rings. The van der Waals surface area contributed by atoms with Crippen LogP contribution in [-0.4, -0.2) is 34.1 Å². The molecule has 3 nitrogen and oxygen atoms in total. The number of carboxylic acids is 1. The van der Waals surface area contributed by atoms with Crippen LogP contribution in [0.3, 0.4) is 0 Å². The van der Waals surface area contributed by atoms with Gasteiger partial charge < -0.3 is 5.11 Å². The normalized spacial score (nSPS) is 19.5. The van der Waals surface area contributed by atoms with Gasteiger partial charge in [-0.05, 0) is 33.6 Å². The van der Waals surface area contributed by atoms with Crippen LogP contribution in [0.2, 0.25) is 0 Å². The second-order valence-corrected chi connectivity index (χ2v) is 4.22. The van der Waals surface area contributed by atoms with Gasteiger partial charge in [0.25, 0.3) is 0 Å². The molecule has 0 aromatic carbocycles. The summed E-state index contributed by atoms with van der Waals surface area (Å²) in [5.41, 5.74) is 0. The zero-order chi connectivity index (χ0) is 10.0. The maximum absolute atomic E-state index is 10.6. The van der Waals surface area contributed by atoms with Gasteiger partial charge in [-0.3, -0.25) is 9.69 Å². The Bertz CT molecular complexity index is 185. The van der Waals surface area contributed by atoms with Gasteiger partial charge in [-0.15, -0.1) is 0 Å². The van der Waals surface area contributed by atoms with E-state index in [2.05, 4.69) is 18.7 Å². The van der Waals surface area contributed by atoms with E-state index in [4.69, 9.17) is 5.11 Å². The van der Waals surface area contributed by atoms with Gasteiger partial charge in [-0.1, -0.05) is 0 Å². The van der Waals surface area contributed by atoms with Crippen molar-refractivity contribution in [3.05, 3.63) is 0 Å². The van der Waals surface area contributed by atoms with Crippen molar-refractivity contribution in [2.45, 2.75) is 58.2 Å². The lowest BCUT2D eigenvalue weighted by Crippen LogP contribution is -2.41. The predicted octanol–water partition coefficient (Wildman–Crippen LogP) is 1.72. The van der Waals surface area contributed by atoms with Crippen LogP contribution in [-0.2, 0) is 4.79 Å². The average molecular weight is 185 g/mol. The Morgan fingerprint density at radius 1 is 1.46 bits per heavy atom. The molecular weight excluding hydrogens is 166 g/mol. The Morgan fingerprint density at radius 2 is 2.00 bits per heavy atom. The molecule has 1 aliphatic carbocycles. The van der Waals surface area contributed by atoms with Gasteiger partial charge in [0.15, 0.2) is 0 Å². The summed E-state index contributed by atoms with van der Waals surface area (Å²) in [6, 6.07) is 1.28. The number of rotatable bonds is 5. The second kappa shape index (κ2) is 4.09. The SMILES string of the molecule is CC(C)N(C(C)CC(=O)O)C1CC1. The van der Waals surface area contributed by atoms with Crippen molar-refractivity contribution in [1.82, 2.24) is 4.90 Å². The molecule has 1 unspecified atom stereocenters. The molecule has 3 heteroatoms. The van der Waals surface area contributed by atoms with Crippen molar-refractivity contribution in [3.8, 4) is 0 Å². The zero-order valence-corrected chi connectivity index (χ0v) is 8.66. The minimum absolute atomic E-state index is 0.171. The van der Waals surface area contributed by atoms with Crippen molar-refractivity contribution in [1.29, 1.82) is 0 Å². The highest BCUT2D eigenvalue weighted by molar-refractivity contribution is 5.67. The van der Waals surface area contributed by atoms with Crippen LogP contribution in [0.25, 0.3) is 0 Å². The van der Waals surface area contributed by atoms with Gasteiger partial charge in [0, 0.05) is 18.1 Å². The first kappa shape index (κ1) is 10.5. The molecule has 1 N–H and O–H groups in total. The fourth-order valence-corrected chi connectivity index (χ4v) is 2.02. The fraction of sp³-hybridized carbons (Fsp3) is 0.900. The lowest BCUT2D eigenvalue weighted by atomic mass is 10.1. The Balaban J connectivity index is 2.47. The maximum atomic E-state index is 10.6. The number of hydrogen-bond donors (Lipinski definition) is 1. The average Bonchev–Trinajstić information content (AvgIpc) is 2.68. The third-order valence-electron chi connectivity index (χ3n) is 2.54. The quantitative estimate of drug-likeness (QED) is 0.709. The molecule has 1 atom stereocenters. The molecule has 0 spiro atoms. The highest BCUT2D eigenvalue weighted by Gasteiger charge is 2.34. The van der Waals surface area contributed by atoms with Crippen LogP contribution in [0.15, 0.2) is 0 Å². The van der Waals surface area contributed by atoms with Crippen molar-refractivity contribution in [3.63, 3.8) is 0 Å². The van der Waals surface area contributed by atoms with Crippen LogP contribution >= 0.6 is 0 Å². The molecule has 76 valence electrons. The molecule has 0 saturated heterocycles. The van der Waals surface area contributed by atoms with E-state index in [1.807, 2.05) is 6.92 Å². The van der Waals surface area contributed by atoms with Gasteiger partial charge in [0.1, 0.15) is 0 Å². The summed E-state index contributed by atoms with van der Waals surface area (Å²) in [5, 5.41) is 8.69. The topological polar surface area (TPSA) is 40.5 Å². The van der Waals surface area contributed by atoms with Crippen LogP contribution < -0.4 is 0 Å². The van der Waals surface area contributed by atoms with Crippen molar-refractivity contribution >= 4 is 5.97 Å². The van der Waals surface area contributed by atoms with Crippen molar-refractivity contribution in [2.75, 3.05) is 0 Å². The van der Waals surface area contributed by atoms with Gasteiger partial charge >= 0.3 is 5.97 Å². The molecule has 13 heavy (non-hydrogen) atoms. The van der Waals surface area contributed by atoms with E-state index in [-0.39, 0.29) is 12.5 Å². The summed E-state index contributed by atoms with van der Waals surface area (Å²) >= 11 is 0. The molecule has 0 aromatic rings. The summed E-state index contributed by atoms with van der Waals surface area (Å²) in [6.45, 7) is 6.28. The van der Waals surface area contributed by atoms with E-state index in [9.17, 15) is 4.79 Å². The molecule has 0 radical (unpaired) electrons. The van der Waals surface area contributed by atoms with E-state index in [1.54, 1.807) is 0 Å². The number of carbonyl (C=O) groups is 1. The van der Waals surface area contributed by atoms with Crippen molar-refractivity contribution in [2.24, 2.45) is 0 Å². The van der Waals surface area contributed by atoms with Gasteiger partial charge in [0.05, 0.1) is 6.42 Å². The predicted molar refractivity (Wildman–Crippen MR) is 51.7 cm³/mol. The third-order valence-corrected chi connectivity index (χ3v) is 2.54. The van der Waals surface area contributed by atoms with E-state index < -0.39 is 5.97 Å². The first-order valence-corrected chi connectivity index (χ1v) is 5.01. The van der Waals surface area contributed by atoms with E-state index in [1.165, 1.54) is 12.8 Å². The highest BCUT2D eigenvalue weighted by Crippen LogP contribution is 2.31. The number of nitrogens with zero attached hydrogens (tertiary/aromatic N) is 1. The number of hydrogen-bond acceptors (Lipinski definition) is 2. The Morgan fingerprint density at radius 3 is 2.31 bits per heavy atom. The van der Waals surface area contributed by atoms with Crippen LogP contribution in [0.1, 0.15) is 40.0 Å². The van der Waals surface area contributed by atoms with E-state index >= 15 is 0 Å². The monoisotopic (exact) mass is 185 g/mol. The highest BCUT2D eigenvalue weighted by atomic mass is 16.4. The summed E-state index contributed by atoms with van der Waals surface area (Å²) in [6.07, 6.45) is 2.74. The van der Waals surface area contributed by atoms with Crippen molar-refractivity contribution < 1.29 is 9.90 Å². The lowest BCUT2D eigenvalue weighted by Gasteiger charge is -2.31. The second-order valence-electron chi connectivity index (χ2n) is 4.22. The Kier molecular flexibility index (Phi) is 3.31.